The number of halogens is 1. The summed E-state index contributed by atoms with van der Waals surface area (Å²) < 4.78 is 12.9. The van der Waals surface area contributed by atoms with E-state index in [4.69, 9.17) is 0 Å². The lowest BCUT2D eigenvalue weighted by Gasteiger charge is -1.96. The molecule has 0 unspecified atom stereocenters. The molecule has 1 heteroatoms. The van der Waals surface area contributed by atoms with Crippen molar-refractivity contribution in [3.63, 3.8) is 0 Å². The molecule has 0 saturated carbocycles. The summed E-state index contributed by atoms with van der Waals surface area (Å²) in [6.07, 6.45) is 3.89. The molecule has 0 aliphatic heterocycles. The Balaban J connectivity index is 2.18. The average molecular weight is 212 g/mol. The van der Waals surface area contributed by atoms with Gasteiger partial charge in [0.25, 0.3) is 0 Å². The summed E-state index contributed by atoms with van der Waals surface area (Å²) in [6.45, 7) is 2.06. The van der Waals surface area contributed by atoms with Crippen LogP contribution in [0.25, 0.3) is 12.2 Å². The maximum Gasteiger partial charge on any atom is 0.123 e. The first-order valence-electron chi connectivity index (χ1n) is 5.24. The van der Waals surface area contributed by atoms with E-state index in [0.29, 0.717) is 0 Å². The lowest BCUT2D eigenvalue weighted by Crippen LogP contribution is -1.76. The Hall–Kier alpha value is -1.89. The molecular formula is C15H13F. The largest absolute Gasteiger partial charge is 0.207 e. The standard InChI is InChI=1S/C15H13F/c1-12-5-7-13(8-6-12)9-10-14-3-2-4-15(16)11-14/h2-11H,1H3/b10-9-. The molecule has 0 aliphatic carbocycles. The van der Waals surface area contributed by atoms with Gasteiger partial charge in [0.2, 0.25) is 0 Å². The highest BCUT2D eigenvalue weighted by molar-refractivity contribution is 5.69. The quantitative estimate of drug-likeness (QED) is 0.651. The van der Waals surface area contributed by atoms with Gasteiger partial charge < -0.3 is 0 Å². The van der Waals surface area contributed by atoms with Crippen LogP contribution in [0.1, 0.15) is 16.7 Å². The van der Waals surface area contributed by atoms with E-state index in [1.54, 1.807) is 6.07 Å². The van der Waals surface area contributed by atoms with Gasteiger partial charge in [-0.15, -0.1) is 0 Å². The van der Waals surface area contributed by atoms with E-state index in [-0.39, 0.29) is 5.82 Å². The van der Waals surface area contributed by atoms with Gasteiger partial charge in [-0.05, 0) is 30.2 Å². The van der Waals surface area contributed by atoms with Gasteiger partial charge in [0.05, 0.1) is 0 Å². The monoisotopic (exact) mass is 212 g/mol. The Labute approximate surface area is 95.1 Å². The smallest absolute Gasteiger partial charge is 0.123 e. The molecule has 0 aromatic heterocycles. The number of rotatable bonds is 2. The molecule has 0 atom stereocenters. The highest BCUT2D eigenvalue weighted by Gasteiger charge is 1.91. The molecule has 0 heterocycles. The molecule has 16 heavy (non-hydrogen) atoms. The van der Waals surface area contributed by atoms with Crippen LogP contribution in [0, 0.1) is 12.7 Å². The van der Waals surface area contributed by atoms with Crippen LogP contribution in [-0.4, -0.2) is 0 Å². The summed E-state index contributed by atoms with van der Waals surface area (Å²) in [5.41, 5.74) is 3.23. The summed E-state index contributed by atoms with van der Waals surface area (Å²) >= 11 is 0. The highest BCUT2D eigenvalue weighted by Crippen LogP contribution is 2.10. The van der Waals surface area contributed by atoms with Crippen molar-refractivity contribution in [2.45, 2.75) is 6.92 Å². The van der Waals surface area contributed by atoms with Crippen LogP contribution in [0.3, 0.4) is 0 Å². The van der Waals surface area contributed by atoms with Gasteiger partial charge in [-0.2, -0.15) is 0 Å². The topological polar surface area (TPSA) is 0 Å². The minimum atomic E-state index is -0.203. The molecule has 80 valence electrons. The fraction of sp³-hybridized carbons (Fsp3) is 0.0667. The van der Waals surface area contributed by atoms with Gasteiger partial charge in [-0.25, -0.2) is 4.39 Å². The number of hydrogen-bond donors (Lipinski definition) is 0. The maximum absolute atomic E-state index is 12.9. The Bertz CT molecular complexity index is 495. The van der Waals surface area contributed by atoms with Crippen LogP contribution in [0.15, 0.2) is 48.5 Å². The molecule has 0 nitrogen and oxygen atoms in total. The predicted octanol–water partition coefficient (Wildman–Crippen LogP) is 4.30. The lowest BCUT2D eigenvalue weighted by molar-refractivity contribution is 0.627. The molecule has 0 saturated heterocycles. The Morgan fingerprint density at radius 1 is 0.875 bits per heavy atom. The molecule has 0 bridgehead atoms. The van der Waals surface area contributed by atoms with Gasteiger partial charge in [-0.1, -0.05) is 54.1 Å². The third-order valence-corrected chi connectivity index (χ3v) is 2.39. The molecular weight excluding hydrogens is 199 g/mol. The molecule has 0 amide bonds. The Morgan fingerprint density at radius 3 is 2.25 bits per heavy atom. The van der Waals surface area contributed by atoms with Crippen LogP contribution in [-0.2, 0) is 0 Å². The second kappa shape index (κ2) is 4.75. The van der Waals surface area contributed by atoms with Gasteiger partial charge >= 0.3 is 0 Å². The summed E-state index contributed by atoms with van der Waals surface area (Å²) in [4.78, 5) is 0. The normalized spacial score (nSPS) is 10.9. The van der Waals surface area contributed by atoms with Crippen molar-refractivity contribution in [2.75, 3.05) is 0 Å². The molecule has 0 spiro atoms. The molecule has 0 aliphatic rings. The van der Waals surface area contributed by atoms with E-state index in [1.165, 1.54) is 17.7 Å². The van der Waals surface area contributed by atoms with Crippen molar-refractivity contribution < 1.29 is 4.39 Å². The van der Waals surface area contributed by atoms with Crippen LogP contribution in [0.2, 0.25) is 0 Å². The van der Waals surface area contributed by atoms with Crippen molar-refractivity contribution in [3.05, 3.63) is 71.0 Å². The summed E-state index contributed by atoms with van der Waals surface area (Å²) in [5, 5.41) is 0. The van der Waals surface area contributed by atoms with Crippen LogP contribution >= 0.6 is 0 Å². The zero-order valence-corrected chi connectivity index (χ0v) is 9.15. The second-order valence-corrected chi connectivity index (χ2v) is 3.80. The van der Waals surface area contributed by atoms with Gasteiger partial charge in [0.1, 0.15) is 5.82 Å². The van der Waals surface area contributed by atoms with E-state index in [2.05, 4.69) is 19.1 Å². The van der Waals surface area contributed by atoms with Crippen molar-refractivity contribution in [2.24, 2.45) is 0 Å². The molecule has 0 fully saturated rings. The fourth-order valence-electron chi connectivity index (χ4n) is 1.48. The van der Waals surface area contributed by atoms with E-state index in [9.17, 15) is 4.39 Å². The summed E-state index contributed by atoms with van der Waals surface area (Å²) in [6, 6.07) is 14.8. The zero-order chi connectivity index (χ0) is 11.4. The Morgan fingerprint density at radius 2 is 1.56 bits per heavy atom. The van der Waals surface area contributed by atoms with E-state index in [1.807, 2.05) is 30.4 Å². The minimum Gasteiger partial charge on any atom is -0.207 e. The molecule has 2 aromatic carbocycles. The molecule has 0 radical (unpaired) electrons. The van der Waals surface area contributed by atoms with Crippen LogP contribution in [0.5, 0.6) is 0 Å². The van der Waals surface area contributed by atoms with Gasteiger partial charge in [0.15, 0.2) is 0 Å². The van der Waals surface area contributed by atoms with Crippen molar-refractivity contribution in [3.8, 4) is 0 Å². The summed E-state index contributed by atoms with van der Waals surface area (Å²) in [5.74, 6) is -0.203. The zero-order valence-electron chi connectivity index (χ0n) is 9.15. The number of benzene rings is 2. The third kappa shape index (κ3) is 2.80. The van der Waals surface area contributed by atoms with E-state index >= 15 is 0 Å². The van der Waals surface area contributed by atoms with Gasteiger partial charge in [-0.3, -0.25) is 0 Å². The minimum absolute atomic E-state index is 0.203. The first-order valence-corrected chi connectivity index (χ1v) is 5.24. The van der Waals surface area contributed by atoms with Crippen LogP contribution < -0.4 is 0 Å². The molecule has 2 aromatic rings. The van der Waals surface area contributed by atoms with E-state index < -0.39 is 0 Å². The Kier molecular flexibility index (Phi) is 3.16. The van der Waals surface area contributed by atoms with Crippen molar-refractivity contribution >= 4 is 12.2 Å². The predicted molar refractivity (Wildman–Crippen MR) is 66.5 cm³/mol. The average Bonchev–Trinajstić information content (AvgIpc) is 2.28. The number of aryl methyl sites for hydroxylation is 1. The maximum atomic E-state index is 12.9. The number of hydrogen-bond acceptors (Lipinski definition) is 0. The molecule has 2 rings (SSSR count). The van der Waals surface area contributed by atoms with E-state index in [0.717, 1.165) is 11.1 Å². The van der Waals surface area contributed by atoms with Gasteiger partial charge in [0, 0.05) is 0 Å². The summed E-state index contributed by atoms with van der Waals surface area (Å²) in [7, 11) is 0. The van der Waals surface area contributed by atoms with Crippen molar-refractivity contribution in [1.29, 1.82) is 0 Å². The molecule has 0 N–H and O–H groups in total. The van der Waals surface area contributed by atoms with Crippen molar-refractivity contribution in [1.82, 2.24) is 0 Å². The second-order valence-electron chi connectivity index (χ2n) is 3.80. The SMILES string of the molecule is Cc1ccc(/C=C\c2cccc(F)c2)cc1. The lowest BCUT2D eigenvalue weighted by atomic mass is 10.1. The fourth-order valence-corrected chi connectivity index (χ4v) is 1.48. The first-order chi connectivity index (χ1) is 7.74. The van der Waals surface area contributed by atoms with Crippen LogP contribution in [0.4, 0.5) is 4.39 Å². The highest BCUT2D eigenvalue weighted by atomic mass is 19.1. The first kappa shape index (κ1) is 10.6. The third-order valence-electron chi connectivity index (χ3n) is 2.39.